The Morgan fingerprint density at radius 3 is 2.70 bits per heavy atom. The van der Waals surface area contributed by atoms with Crippen molar-refractivity contribution in [2.45, 2.75) is 6.92 Å². The number of nitrogens with zero attached hydrogens (tertiary/aromatic N) is 2. The van der Waals surface area contributed by atoms with E-state index in [1.165, 1.54) is 23.1 Å². The first-order chi connectivity index (χ1) is 9.52. The lowest BCUT2D eigenvalue weighted by atomic mass is 10.2. The quantitative estimate of drug-likeness (QED) is 0.683. The normalized spacial score (nSPS) is 10.2. The molecule has 0 bridgehead atoms. The van der Waals surface area contributed by atoms with Crippen molar-refractivity contribution < 1.29 is 19.2 Å². The van der Waals surface area contributed by atoms with E-state index in [0.717, 1.165) is 6.07 Å². The molecule has 1 N–H and O–H groups in total. The van der Waals surface area contributed by atoms with Crippen LogP contribution < -0.4 is 4.90 Å². The van der Waals surface area contributed by atoms with E-state index < -0.39 is 16.7 Å². The zero-order valence-corrected chi connectivity index (χ0v) is 10.6. The Hall–Kier alpha value is -2.83. The number of anilines is 1. The number of phenolic OH excluding ortho intramolecular Hbond substituents is 1. The van der Waals surface area contributed by atoms with Crippen LogP contribution in [0.5, 0.6) is 5.75 Å². The average Bonchev–Trinajstić information content (AvgIpc) is 2.89. The molecule has 7 nitrogen and oxygen atoms in total. The summed E-state index contributed by atoms with van der Waals surface area (Å²) in [5, 5.41) is 20.0. The molecule has 1 aromatic carbocycles. The summed E-state index contributed by atoms with van der Waals surface area (Å²) < 4.78 is 4.89. The lowest BCUT2D eigenvalue weighted by Crippen LogP contribution is -2.30. The molecule has 0 unspecified atom stereocenters. The van der Waals surface area contributed by atoms with Crippen molar-refractivity contribution in [1.82, 2.24) is 0 Å². The van der Waals surface area contributed by atoms with Crippen LogP contribution in [0.4, 0.5) is 11.6 Å². The first kappa shape index (κ1) is 13.6. The van der Waals surface area contributed by atoms with Crippen LogP contribution >= 0.6 is 0 Å². The molecule has 1 amide bonds. The first-order valence-corrected chi connectivity index (χ1v) is 5.88. The highest BCUT2D eigenvalue weighted by atomic mass is 16.6. The van der Waals surface area contributed by atoms with Gasteiger partial charge in [0.2, 0.25) is 0 Å². The Morgan fingerprint density at radius 1 is 1.40 bits per heavy atom. The Balaban J connectivity index is 2.31. The van der Waals surface area contributed by atoms with E-state index in [0.29, 0.717) is 12.2 Å². The molecular formula is C13H12N2O5. The molecule has 0 aliphatic carbocycles. The summed E-state index contributed by atoms with van der Waals surface area (Å²) in [5.41, 5.74) is 0.483. The molecule has 7 heteroatoms. The van der Waals surface area contributed by atoms with Crippen LogP contribution in [-0.2, 0) is 0 Å². The van der Waals surface area contributed by atoms with Crippen LogP contribution in [0.2, 0.25) is 0 Å². The summed E-state index contributed by atoms with van der Waals surface area (Å²) in [7, 11) is 0. The highest BCUT2D eigenvalue weighted by Crippen LogP contribution is 2.23. The van der Waals surface area contributed by atoms with Gasteiger partial charge in [0.15, 0.2) is 5.76 Å². The standard InChI is InChI=1S/C13H12N2O5/c1-2-14(9-4-3-5-10(16)8-9)13(17)11-6-7-12(20-11)15(18)19/h3-8,16H,2H2,1H3. The minimum atomic E-state index is -0.707. The fourth-order valence-electron chi connectivity index (χ4n) is 1.78. The molecule has 104 valence electrons. The van der Waals surface area contributed by atoms with Crippen LogP contribution in [-0.4, -0.2) is 22.5 Å². The molecule has 0 saturated carbocycles. The second-order valence-corrected chi connectivity index (χ2v) is 3.96. The summed E-state index contributed by atoms with van der Waals surface area (Å²) in [4.78, 5) is 23.4. The molecule has 1 aromatic heterocycles. The van der Waals surface area contributed by atoms with Gasteiger partial charge >= 0.3 is 5.88 Å². The minimum absolute atomic E-state index is 0.0270. The molecule has 1 heterocycles. The maximum absolute atomic E-state index is 12.3. The van der Waals surface area contributed by atoms with E-state index in [-0.39, 0.29) is 11.5 Å². The number of rotatable bonds is 4. The van der Waals surface area contributed by atoms with Crippen LogP contribution in [0.25, 0.3) is 0 Å². The van der Waals surface area contributed by atoms with Gasteiger partial charge in [-0.1, -0.05) is 6.07 Å². The van der Waals surface area contributed by atoms with E-state index in [1.54, 1.807) is 19.1 Å². The molecule has 2 aromatic rings. The smallest absolute Gasteiger partial charge is 0.433 e. The number of phenols is 1. The van der Waals surface area contributed by atoms with Gasteiger partial charge < -0.3 is 14.4 Å². The summed E-state index contributed by atoms with van der Waals surface area (Å²) in [6.07, 6.45) is 0. The predicted molar refractivity (Wildman–Crippen MR) is 70.8 cm³/mol. The fraction of sp³-hybridized carbons (Fsp3) is 0.154. The second kappa shape index (κ2) is 5.43. The zero-order valence-electron chi connectivity index (χ0n) is 10.6. The van der Waals surface area contributed by atoms with Gasteiger partial charge in [0.05, 0.1) is 6.07 Å². The summed E-state index contributed by atoms with van der Waals surface area (Å²) in [6.45, 7) is 2.08. The number of aromatic hydroxyl groups is 1. The van der Waals surface area contributed by atoms with Crippen LogP contribution in [0.15, 0.2) is 40.8 Å². The van der Waals surface area contributed by atoms with Gasteiger partial charge in [-0.25, -0.2) is 0 Å². The molecule has 0 saturated heterocycles. The van der Waals surface area contributed by atoms with Crippen LogP contribution in [0.3, 0.4) is 0 Å². The van der Waals surface area contributed by atoms with Crippen molar-refractivity contribution in [2.75, 3.05) is 11.4 Å². The van der Waals surface area contributed by atoms with E-state index >= 15 is 0 Å². The molecule has 20 heavy (non-hydrogen) atoms. The molecule has 0 fully saturated rings. The zero-order chi connectivity index (χ0) is 14.7. The third-order valence-corrected chi connectivity index (χ3v) is 2.69. The molecule has 0 radical (unpaired) electrons. The molecule has 0 aliphatic rings. The fourth-order valence-corrected chi connectivity index (χ4v) is 1.78. The third-order valence-electron chi connectivity index (χ3n) is 2.69. The number of hydrogen-bond acceptors (Lipinski definition) is 5. The number of hydrogen-bond donors (Lipinski definition) is 1. The molecular weight excluding hydrogens is 264 g/mol. The van der Waals surface area contributed by atoms with Crippen molar-refractivity contribution in [3.05, 3.63) is 52.3 Å². The van der Waals surface area contributed by atoms with E-state index in [9.17, 15) is 20.0 Å². The lowest BCUT2D eigenvalue weighted by molar-refractivity contribution is -0.402. The van der Waals surface area contributed by atoms with E-state index in [1.807, 2.05) is 0 Å². The van der Waals surface area contributed by atoms with Gasteiger partial charge in [0.25, 0.3) is 5.91 Å². The van der Waals surface area contributed by atoms with Gasteiger partial charge in [-0.3, -0.25) is 14.9 Å². The number of carbonyl (C=O) groups is 1. The Kier molecular flexibility index (Phi) is 3.69. The largest absolute Gasteiger partial charge is 0.508 e. The number of furan rings is 1. The predicted octanol–water partition coefficient (Wildman–Crippen LogP) is 2.56. The van der Waals surface area contributed by atoms with Gasteiger partial charge in [-0.15, -0.1) is 0 Å². The van der Waals surface area contributed by atoms with Gasteiger partial charge in [0.1, 0.15) is 10.7 Å². The Bertz CT molecular complexity index is 650. The van der Waals surface area contributed by atoms with Crippen molar-refractivity contribution in [3.8, 4) is 5.75 Å². The third kappa shape index (κ3) is 2.61. The maximum Gasteiger partial charge on any atom is 0.433 e. The monoisotopic (exact) mass is 276 g/mol. The highest BCUT2D eigenvalue weighted by Gasteiger charge is 2.22. The Morgan fingerprint density at radius 2 is 2.15 bits per heavy atom. The Labute approximate surface area is 114 Å². The number of amides is 1. The minimum Gasteiger partial charge on any atom is -0.508 e. The van der Waals surface area contributed by atoms with Gasteiger partial charge in [-0.05, 0) is 25.1 Å². The first-order valence-electron chi connectivity index (χ1n) is 5.88. The highest BCUT2D eigenvalue weighted by molar-refractivity contribution is 6.04. The molecule has 0 spiro atoms. The van der Waals surface area contributed by atoms with Crippen LogP contribution in [0.1, 0.15) is 17.5 Å². The molecule has 2 rings (SSSR count). The van der Waals surface area contributed by atoms with Gasteiger partial charge in [-0.2, -0.15) is 0 Å². The van der Waals surface area contributed by atoms with Crippen molar-refractivity contribution in [2.24, 2.45) is 0 Å². The summed E-state index contributed by atoms with van der Waals surface area (Å²) in [5.74, 6) is -1.09. The SMILES string of the molecule is CCN(C(=O)c1ccc([N+](=O)[O-])o1)c1cccc(O)c1. The van der Waals surface area contributed by atoms with Crippen molar-refractivity contribution in [3.63, 3.8) is 0 Å². The number of carbonyl (C=O) groups excluding carboxylic acids is 1. The number of nitro groups is 1. The second-order valence-electron chi connectivity index (χ2n) is 3.96. The summed E-state index contributed by atoms with van der Waals surface area (Å²) in [6, 6.07) is 8.55. The average molecular weight is 276 g/mol. The summed E-state index contributed by atoms with van der Waals surface area (Å²) >= 11 is 0. The van der Waals surface area contributed by atoms with E-state index in [4.69, 9.17) is 4.42 Å². The molecule has 0 atom stereocenters. The lowest BCUT2D eigenvalue weighted by Gasteiger charge is -2.19. The number of benzene rings is 1. The topological polar surface area (TPSA) is 96.8 Å². The maximum atomic E-state index is 12.3. The molecule has 0 aliphatic heterocycles. The van der Waals surface area contributed by atoms with Crippen LogP contribution in [0, 0.1) is 10.1 Å². The van der Waals surface area contributed by atoms with Gasteiger partial charge in [0, 0.05) is 18.3 Å². The van der Waals surface area contributed by atoms with Crippen molar-refractivity contribution >= 4 is 17.5 Å². The van der Waals surface area contributed by atoms with E-state index in [2.05, 4.69) is 0 Å². The van der Waals surface area contributed by atoms with Crippen molar-refractivity contribution in [1.29, 1.82) is 0 Å².